The Balaban J connectivity index is 1.67. The van der Waals surface area contributed by atoms with Crippen LogP contribution in [0, 0.1) is 0 Å². The van der Waals surface area contributed by atoms with Crippen LogP contribution in [0.3, 0.4) is 0 Å². The van der Waals surface area contributed by atoms with E-state index < -0.39 is 0 Å². The minimum absolute atomic E-state index is 0.111. The van der Waals surface area contributed by atoms with E-state index >= 15 is 0 Å². The number of aromatic nitrogens is 3. The summed E-state index contributed by atoms with van der Waals surface area (Å²) in [5.74, 6) is -0.218. The first-order valence-corrected chi connectivity index (χ1v) is 9.12. The Morgan fingerprint density at radius 3 is 2.85 bits per heavy atom. The van der Waals surface area contributed by atoms with Crippen molar-refractivity contribution in [3.63, 3.8) is 0 Å². The summed E-state index contributed by atoms with van der Waals surface area (Å²) in [5, 5.41) is 8.07. The van der Waals surface area contributed by atoms with Gasteiger partial charge in [0.05, 0.1) is 17.9 Å². The summed E-state index contributed by atoms with van der Waals surface area (Å²) in [6.07, 6.45) is 4.18. The first-order valence-electron chi connectivity index (χ1n) is 9.12. The number of anilines is 1. The van der Waals surface area contributed by atoms with Crippen LogP contribution in [0.4, 0.5) is 5.69 Å². The number of hydrogen-bond acceptors (Lipinski definition) is 7. The van der Waals surface area contributed by atoms with Crippen molar-refractivity contribution in [3.05, 3.63) is 40.6 Å². The Labute approximate surface area is 158 Å². The third-order valence-electron chi connectivity index (χ3n) is 5.08. The molecule has 0 aromatic carbocycles. The molecule has 3 rings (SSSR count). The van der Waals surface area contributed by atoms with Crippen LogP contribution in [-0.2, 0) is 11.3 Å². The number of nitrogens with zero attached hydrogens (tertiary/aromatic N) is 6. The lowest BCUT2D eigenvalue weighted by Crippen LogP contribution is -2.37. The Morgan fingerprint density at radius 1 is 1.33 bits per heavy atom. The van der Waals surface area contributed by atoms with E-state index in [0.29, 0.717) is 5.69 Å². The van der Waals surface area contributed by atoms with Gasteiger partial charge in [0.1, 0.15) is 18.5 Å². The second-order valence-electron chi connectivity index (χ2n) is 6.96. The van der Waals surface area contributed by atoms with E-state index in [1.165, 1.54) is 15.8 Å². The molecular weight excluding hydrogens is 348 g/mol. The first kappa shape index (κ1) is 19.1. The minimum Gasteiger partial charge on any atom is -0.369 e. The third kappa shape index (κ3) is 4.54. The highest BCUT2D eigenvalue weighted by molar-refractivity contribution is 5.76. The molecule has 1 fully saturated rings. The fourth-order valence-corrected chi connectivity index (χ4v) is 3.11. The van der Waals surface area contributed by atoms with Gasteiger partial charge in [0.2, 0.25) is 5.91 Å². The largest absolute Gasteiger partial charge is 0.369 e. The Bertz CT molecular complexity index is 819. The van der Waals surface area contributed by atoms with Crippen molar-refractivity contribution in [3.8, 4) is 0 Å². The van der Waals surface area contributed by atoms with E-state index in [4.69, 9.17) is 4.52 Å². The number of likely N-dealkylation sites (N-methyl/N-ethyl adjacent to an activating group) is 2. The second-order valence-corrected chi connectivity index (χ2v) is 6.96. The molecule has 1 amide bonds. The zero-order valence-electron chi connectivity index (χ0n) is 16.0. The Morgan fingerprint density at radius 2 is 2.15 bits per heavy atom. The van der Waals surface area contributed by atoms with E-state index in [0.717, 1.165) is 38.3 Å². The number of amides is 1. The van der Waals surface area contributed by atoms with Crippen LogP contribution < -0.4 is 10.5 Å². The normalized spacial score (nSPS) is 16.8. The van der Waals surface area contributed by atoms with Gasteiger partial charge in [-0.25, -0.2) is 4.68 Å². The van der Waals surface area contributed by atoms with E-state index in [1.54, 1.807) is 25.4 Å². The summed E-state index contributed by atoms with van der Waals surface area (Å²) in [7, 11) is 3.77. The lowest BCUT2D eigenvalue weighted by atomic mass is 10.2. The molecule has 0 N–H and O–H groups in total. The van der Waals surface area contributed by atoms with Crippen LogP contribution in [0.25, 0.3) is 0 Å². The molecule has 2 aromatic heterocycles. The van der Waals surface area contributed by atoms with Gasteiger partial charge < -0.3 is 19.2 Å². The van der Waals surface area contributed by atoms with Crippen molar-refractivity contribution < 1.29 is 9.32 Å². The van der Waals surface area contributed by atoms with Crippen LogP contribution in [-0.4, -0.2) is 70.9 Å². The van der Waals surface area contributed by atoms with Crippen molar-refractivity contribution in [2.24, 2.45) is 0 Å². The average molecular weight is 374 g/mol. The monoisotopic (exact) mass is 374 g/mol. The summed E-state index contributed by atoms with van der Waals surface area (Å²) in [4.78, 5) is 31.0. The molecule has 0 bridgehead atoms. The van der Waals surface area contributed by atoms with Crippen LogP contribution in [0.5, 0.6) is 0 Å². The topological polar surface area (TPSA) is 87.7 Å². The van der Waals surface area contributed by atoms with E-state index in [-0.39, 0.29) is 24.1 Å². The van der Waals surface area contributed by atoms with Crippen LogP contribution in [0.2, 0.25) is 0 Å². The maximum Gasteiger partial charge on any atom is 0.269 e. The fraction of sp³-hybridized carbons (Fsp3) is 0.556. The maximum absolute atomic E-state index is 12.5. The smallest absolute Gasteiger partial charge is 0.269 e. The fourth-order valence-electron chi connectivity index (χ4n) is 3.11. The summed E-state index contributed by atoms with van der Waals surface area (Å²) in [6, 6.07) is 3.03. The summed E-state index contributed by atoms with van der Waals surface area (Å²) in [5.41, 5.74) is 1.19. The van der Waals surface area contributed by atoms with E-state index in [2.05, 4.69) is 27.1 Å². The third-order valence-corrected chi connectivity index (χ3v) is 5.08. The molecule has 1 aliphatic heterocycles. The molecule has 0 spiro atoms. The zero-order chi connectivity index (χ0) is 19.4. The molecule has 9 heteroatoms. The van der Waals surface area contributed by atoms with Gasteiger partial charge in [-0.05, 0) is 26.9 Å². The molecule has 146 valence electrons. The first-order chi connectivity index (χ1) is 13.0. The van der Waals surface area contributed by atoms with Crippen LogP contribution in [0.1, 0.15) is 25.1 Å². The summed E-state index contributed by atoms with van der Waals surface area (Å²) >= 11 is 0. The van der Waals surface area contributed by atoms with Crippen molar-refractivity contribution in [1.82, 2.24) is 24.7 Å². The number of carbonyl (C=O) groups is 1. The van der Waals surface area contributed by atoms with E-state index in [1.807, 2.05) is 6.92 Å². The lowest BCUT2D eigenvalue weighted by Gasteiger charge is -2.24. The van der Waals surface area contributed by atoms with Gasteiger partial charge in [0.15, 0.2) is 0 Å². The SMILES string of the molecule is C[C@H](c1ccon1)N(C)C(=O)Cn1ncc(N2CCCN(C)CC2)cc1=O. The minimum atomic E-state index is -0.277. The highest BCUT2D eigenvalue weighted by atomic mass is 16.5. The average Bonchev–Trinajstić information content (AvgIpc) is 3.11. The number of carbonyl (C=O) groups excluding carboxylic acids is 1. The lowest BCUT2D eigenvalue weighted by molar-refractivity contribution is -0.132. The predicted molar refractivity (Wildman–Crippen MR) is 101 cm³/mol. The van der Waals surface area contributed by atoms with Gasteiger partial charge in [-0.1, -0.05) is 5.16 Å². The Kier molecular flexibility index (Phi) is 5.90. The highest BCUT2D eigenvalue weighted by Crippen LogP contribution is 2.17. The summed E-state index contributed by atoms with van der Waals surface area (Å²) < 4.78 is 6.02. The van der Waals surface area contributed by atoms with Crippen molar-refractivity contribution in [2.75, 3.05) is 45.2 Å². The predicted octanol–water partition coefficient (Wildman–Crippen LogP) is 0.593. The van der Waals surface area contributed by atoms with Gasteiger partial charge in [-0.2, -0.15) is 5.10 Å². The van der Waals surface area contributed by atoms with Gasteiger partial charge in [0, 0.05) is 38.8 Å². The molecule has 9 nitrogen and oxygen atoms in total. The Hall–Kier alpha value is -2.68. The molecular formula is C18H26N6O3. The molecule has 3 heterocycles. The molecule has 1 atom stereocenters. The van der Waals surface area contributed by atoms with E-state index in [9.17, 15) is 9.59 Å². The number of hydrogen-bond donors (Lipinski definition) is 0. The molecule has 27 heavy (non-hydrogen) atoms. The standard InChI is InChI=1S/C18H26N6O3/c1-14(16-5-10-27-20-16)22(3)18(26)13-24-17(25)11-15(12-19-24)23-7-4-6-21(2)8-9-23/h5,10-12,14H,4,6-9,13H2,1-3H3/t14-/m1/s1. The van der Waals surface area contributed by atoms with Crippen molar-refractivity contribution in [1.29, 1.82) is 0 Å². The zero-order valence-corrected chi connectivity index (χ0v) is 16.0. The van der Waals surface area contributed by atoms with Gasteiger partial charge in [-0.15, -0.1) is 0 Å². The molecule has 1 aliphatic rings. The van der Waals surface area contributed by atoms with Gasteiger partial charge in [-0.3, -0.25) is 9.59 Å². The molecule has 1 saturated heterocycles. The van der Waals surface area contributed by atoms with Crippen molar-refractivity contribution >= 4 is 11.6 Å². The maximum atomic E-state index is 12.5. The highest BCUT2D eigenvalue weighted by Gasteiger charge is 2.21. The molecule has 0 radical (unpaired) electrons. The van der Waals surface area contributed by atoms with Crippen LogP contribution >= 0.6 is 0 Å². The molecule has 0 aliphatic carbocycles. The van der Waals surface area contributed by atoms with Crippen LogP contribution in [0.15, 0.2) is 33.9 Å². The molecule has 0 unspecified atom stereocenters. The van der Waals surface area contributed by atoms with Gasteiger partial charge in [0.25, 0.3) is 5.56 Å². The second kappa shape index (κ2) is 8.34. The van der Waals surface area contributed by atoms with Crippen molar-refractivity contribution in [2.45, 2.75) is 25.9 Å². The number of rotatable bonds is 5. The quantitative estimate of drug-likeness (QED) is 0.757. The molecule has 0 saturated carbocycles. The summed E-state index contributed by atoms with van der Waals surface area (Å²) in [6.45, 7) is 5.49. The molecule has 2 aromatic rings. The van der Waals surface area contributed by atoms with Gasteiger partial charge >= 0.3 is 0 Å².